The van der Waals surface area contributed by atoms with E-state index in [4.69, 9.17) is 0 Å². The van der Waals surface area contributed by atoms with Crippen LogP contribution in [0.2, 0.25) is 0 Å². The maximum atomic E-state index is 2.43. The van der Waals surface area contributed by atoms with Gasteiger partial charge in [0, 0.05) is 0 Å². The molecule has 1 aromatic carbocycles. The Labute approximate surface area is 108 Å². The van der Waals surface area contributed by atoms with Crippen molar-refractivity contribution in [3.05, 3.63) is 29.8 Å². The summed E-state index contributed by atoms with van der Waals surface area (Å²) in [5.41, 5.74) is 3.88. The second-order valence-corrected chi connectivity index (χ2v) is 12.1. The van der Waals surface area contributed by atoms with E-state index < -0.39 is 7.26 Å². The fourth-order valence-electron chi connectivity index (χ4n) is 3.99. The third kappa shape index (κ3) is 2.43. The molecule has 0 atom stereocenters. The molecule has 0 N–H and O–H groups in total. The molecule has 0 fully saturated rings. The molecule has 17 heavy (non-hydrogen) atoms. The average Bonchev–Trinajstić information content (AvgIpc) is 2.19. The minimum atomic E-state index is -1.45. The molecule has 1 heteroatoms. The first-order valence-electron chi connectivity index (χ1n) is 6.91. The van der Waals surface area contributed by atoms with E-state index in [1.165, 1.54) is 5.56 Å². The molecule has 0 unspecified atom stereocenters. The molecule has 0 aliphatic carbocycles. The van der Waals surface area contributed by atoms with E-state index in [9.17, 15) is 0 Å². The second-order valence-electron chi connectivity index (χ2n) is 6.21. The molecule has 0 radical (unpaired) electrons. The van der Waals surface area contributed by atoms with Crippen molar-refractivity contribution in [2.45, 2.75) is 65.4 Å². The van der Waals surface area contributed by atoms with Gasteiger partial charge in [0.25, 0.3) is 0 Å². The van der Waals surface area contributed by atoms with Gasteiger partial charge in [-0.3, -0.25) is 0 Å². The van der Waals surface area contributed by atoms with Crippen molar-refractivity contribution in [2.24, 2.45) is 0 Å². The monoisotopic (exact) mass is 252 g/mol. The van der Waals surface area contributed by atoms with Crippen LogP contribution in [-0.2, 0) is 0 Å². The van der Waals surface area contributed by atoms with E-state index in [0.717, 1.165) is 17.0 Å². The summed E-state index contributed by atoms with van der Waals surface area (Å²) in [7, 11) is -1.45. The first-order valence-corrected chi connectivity index (χ1v) is 9.14. The van der Waals surface area contributed by atoms with Gasteiger partial charge in [0.1, 0.15) is 0 Å². The molecule has 1 aromatic rings. The zero-order chi connectivity index (χ0) is 13.2. The quantitative estimate of drug-likeness (QED) is 0.687. The molecular weight excluding hydrogens is 223 g/mol. The Morgan fingerprint density at radius 3 is 1.53 bits per heavy atom. The molecule has 1 rings (SSSR count). The van der Waals surface area contributed by atoms with E-state index in [2.05, 4.69) is 72.7 Å². The van der Waals surface area contributed by atoms with Crippen molar-refractivity contribution in [1.29, 1.82) is 0 Å². The Hall–Kier alpha value is -0.350. The van der Waals surface area contributed by atoms with Crippen LogP contribution in [0.3, 0.4) is 0 Å². The predicted octanol–water partition coefficient (Wildman–Crippen LogP) is 4.60. The first kappa shape index (κ1) is 14.7. The summed E-state index contributed by atoms with van der Waals surface area (Å²) in [6.45, 7) is 16.9. The van der Waals surface area contributed by atoms with Crippen LogP contribution in [0, 0.1) is 6.92 Å². The Kier molecular flexibility index (Phi) is 4.78. The summed E-state index contributed by atoms with van der Waals surface area (Å²) in [5.74, 6) is 0. The topological polar surface area (TPSA) is 0 Å². The van der Waals surface area contributed by atoms with Crippen molar-refractivity contribution in [2.75, 3.05) is 0 Å². The fourth-order valence-corrected chi connectivity index (χ4v) is 11.0. The minimum absolute atomic E-state index is 0.795. The zero-order valence-corrected chi connectivity index (χ0v) is 13.5. The van der Waals surface area contributed by atoms with Crippen molar-refractivity contribution < 1.29 is 0 Å². The number of rotatable bonds is 4. The van der Waals surface area contributed by atoms with Crippen LogP contribution in [0.4, 0.5) is 0 Å². The normalized spacial score (nSPS) is 13.8. The van der Waals surface area contributed by atoms with Gasteiger partial charge in [-0.1, -0.05) is 0 Å². The molecule has 0 amide bonds. The summed E-state index contributed by atoms with van der Waals surface area (Å²) in [6.07, 6.45) is 0. The van der Waals surface area contributed by atoms with Crippen LogP contribution in [0.25, 0.3) is 0 Å². The van der Waals surface area contributed by atoms with E-state index in [1.54, 1.807) is 5.30 Å². The van der Waals surface area contributed by atoms with E-state index in [-0.39, 0.29) is 0 Å². The van der Waals surface area contributed by atoms with Crippen LogP contribution >= 0.6 is 7.26 Å². The molecule has 0 aliphatic rings. The Bertz CT molecular complexity index is 342. The zero-order valence-electron chi connectivity index (χ0n) is 12.5. The molecule has 0 saturated heterocycles. The number of aryl methyl sites for hydroxylation is 1. The van der Waals surface area contributed by atoms with E-state index >= 15 is 0 Å². The van der Waals surface area contributed by atoms with Gasteiger partial charge in [-0.15, -0.1) is 0 Å². The van der Waals surface area contributed by atoms with Gasteiger partial charge in [-0.25, -0.2) is 0 Å². The predicted molar refractivity (Wildman–Crippen MR) is 84.5 cm³/mol. The number of benzene rings is 1. The summed E-state index contributed by atoms with van der Waals surface area (Å²) >= 11 is 0. The Morgan fingerprint density at radius 1 is 0.765 bits per heavy atom. The van der Waals surface area contributed by atoms with E-state index in [0.29, 0.717) is 0 Å². The molecule has 0 aliphatic heterocycles. The summed E-state index contributed by atoms with van der Waals surface area (Å²) in [4.78, 5) is 0. The van der Waals surface area contributed by atoms with Crippen molar-refractivity contribution >= 4 is 12.6 Å². The van der Waals surface area contributed by atoms with Gasteiger partial charge in [-0.05, 0) is 0 Å². The third-order valence-corrected chi connectivity index (χ3v) is 11.7. The van der Waals surface area contributed by atoms with Crippen molar-refractivity contribution in [3.63, 3.8) is 0 Å². The molecule has 0 saturated carbocycles. The summed E-state index contributed by atoms with van der Waals surface area (Å²) in [6, 6.07) is 9.06. The van der Waals surface area contributed by atoms with Crippen molar-refractivity contribution in [3.8, 4) is 0 Å². The Morgan fingerprint density at radius 2 is 1.18 bits per heavy atom. The molecule has 0 heterocycles. The Balaban J connectivity index is 3.48. The van der Waals surface area contributed by atoms with Gasteiger partial charge < -0.3 is 0 Å². The molecule has 0 spiro atoms. The SMILES string of the molecule is Cc1ccccc1[PH](C(C)C)(C(C)C)C(C)C. The standard InChI is InChI=1S/C16H29P/c1-12(2)17(13(3)4,14(5)6)16-11-9-8-10-15(16)7/h8-14,17H,1-7H3. The van der Waals surface area contributed by atoms with Gasteiger partial charge in [0.15, 0.2) is 0 Å². The molecule has 0 nitrogen and oxygen atoms in total. The fraction of sp³-hybridized carbons (Fsp3) is 0.625. The van der Waals surface area contributed by atoms with Crippen LogP contribution in [0.15, 0.2) is 24.3 Å². The molecule has 98 valence electrons. The van der Waals surface area contributed by atoms with Crippen LogP contribution in [0.5, 0.6) is 0 Å². The maximum absolute atomic E-state index is 2.43. The van der Waals surface area contributed by atoms with Gasteiger partial charge in [0.2, 0.25) is 0 Å². The van der Waals surface area contributed by atoms with Gasteiger partial charge in [0.05, 0.1) is 0 Å². The van der Waals surface area contributed by atoms with Crippen LogP contribution in [-0.4, -0.2) is 17.0 Å². The van der Waals surface area contributed by atoms with Crippen LogP contribution in [0.1, 0.15) is 47.1 Å². The molecule has 0 bridgehead atoms. The number of hydrogen-bond donors (Lipinski definition) is 0. The molecule has 0 aromatic heterocycles. The van der Waals surface area contributed by atoms with Gasteiger partial charge in [-0.2, -0.15) is 0 Å². The first-order chi connectivity index (χ1) is 7.85. The van der Waals surface area contributed by atoms with Crippen LogP contribution < -0.4 is 5.30 Å². The summed E-state index contributed by atoms with van der Waals surface area (Å²) in [5, 5.41) is 1.68. The third-order valence-electron chi connectivity index (χ3n) is 4.48. The second kappa shape index (κ2) is 5.53. The molecular formula is C16H29P. The average molecular weight is 252 g/mol. The van der Waals surface area contributed by atoms with Crippen molar-refractivity contribution in [1.82, 2.24) is 0 Å². The van der Waals surface area contributed by atoms with Gasteiger partial charge >= 0.3 is 108 Å². The summed E-state index contributed by atoms with van der Waals surface area (Å²) < 4.78 is 0. The van der Waals surface area contributed by atoms with E-state index in [1.807, 2.05) is 0 Å². The number of hydrogen-bond acceptors (Lipinski definition) is 0.